The summed E-state index contributed by atoms with van der Waals surface area (Å²) < 4.78 is 11.7. The lowest BCUT2D eigenvalue weighted by Crippen LogP contribution is -2.10. The van der Waals surface area contributed by atoms with Crippen molar-refractivity contribution in [3.63, 3.8) is 0 Å². The number of carbonyl (C=O) groups excluding carboxylic acids is 1. The third-order valence-electron chi connectivity index (χ3n) is 2.33. The summed E-state index contributed by atoms with van der Waals surface area (Å²) in [6, 6.07) is 6.15. The summed E-state index contributed by atoms with van der Waals surface area (Å²) in [6.45, 7) is 5.85. The first-order chi connectivity index (χ1) is 7.51. The Morgan fingerprint density at radius 2 is 1.75 bits per heavy atom. The molecule has 2 nitrogen and oxygen atoms in total. The van der Waals surface area contributed by atoms with E-state index in [0.29, 0.717) is 12.2 Å². The number of benzene rings is 1. The van der Waals surface area contributed by atoms with Gasteiger partial charge in [-0.25, -0.2) is 0 Å². The van der Waals surface area contributed by atoms with Gasteiger partial charge in [0.05, 0.1) is 5.75 Å². The van der Waals surface area contributed by atoms with Crippen LogP contribution >= 0.6 is 0 Å². The molecule has 0 saturated heterocycles. The topological polar surface area (TPSA) is 34.1 Å². The van der Waals surface area contributed by atoms with Crippen LogP contribution in [0.1, 0.15) is 30.0 Å². The van der Waals surface area contributed by atoms with Gasteiger partial charge in [0, 0.05) is 23.0 Å². The van der Waals surface area contributed by atoms with Crippen molar-refractivity contribution in [2.75, 3.05) is 5.75 Å². The first-order valence-electron chi connectivity index (χ1n) is 5.45. The minimum atomic E-state index is -1.07. The second kappa shape index (κ2) is 5.94. The maximum Gasteiger partial charge on any atom is 0.145 e. The van der Waals surface area contributed by atoms with Crippen LogP contribution in [0, 0.1) is 13.8 Å². The zero-order valence-corrected chi connectivity index (χ0v) is 10.9. The van der Waals surface area contributed by atoms with Crippen LogP contribution in [0.2, 0.25) is 0 Å². The van der Waals surface area contributed by atoms with Crippen LogP contribution < -0.4 is 0 Å². The number of aryl methyl sites for hydroxylation is 2. The maximum absolute atomic E-state index is 11.7. The Bertz CT molecular complexity index is 390. The summed E-state index contributed by atoms with van der Waals surface area (Å²) in [5.41, 5.74) is 3.40. The predicted molar refractivity (Wildman–Crippen MR) is 67.9 cm³/mol. The number of ketones is 1. The van der Waals surface area contributed by atoms with E-state index in [1.54, 1.807) is 6.92 Å². The monoisotopic (exact) mass is 238 g/mol. The van der Waals surface area contributed by atoms with E-state index in [-0.39, 0.29) is 11.5 Å². The summed E-state index contributed by atoms with van der Waals surface area (Å²) in [7, 11) is -1.07. The summed E-state index contributed by atoms with van der Waals surface area (Å²) in [5, 5.41) is 0. The number of rotatable bonds is 5. The number of hydrogen-bond acceptors (Lipinski definition) is 2. The highest BCUT2D eigenvalue weighted by Crippen LogP contribution is 2.11. The van der Waals surface area contributed by atoms with Gasteiger partial charge in [-0.1, -0.05) is 36.2 Å². The Balaban J connectivity index is 2.66. The predicted octanol–water partition coefficient (Wildman–Crippen LogP) is 2.53. The highest BCUT2D eigenvalue weighted by atomic mass is 32.2. The lowest BCUT2D eigenvalue weighted by atomic mass is 10.1. The molecule has 1 unspecified atom stereocenters. The molecule has 0 aliphatic carbocycles. The van der Waals surface area contributed by atoms with E-state index in [1.165, 1.54) is 11.1 Å². The average Bonchev–Trinajstić information content (AvgIpc) is 2.15. The van der Waals surface area contributed by atoms with Crippen molar-refractivity contribution in [3.8, 4) is 0 Å². The molecule has 0 bridgehead atoms. The first-order valence-corrected chi connectivity index (χ1v) is 6.94. The third-order valence-corrected chi connectivity index (χ3v) is 3.62. The zero-order chi connectivity index (χ0) is 12.1. The number of hydrogen-bond donors (Lipinski definition) is 0. The molecule has 1 aromatic carbocycles. The van der Waals surface area contributed by atoms with Crippen LogP contribution in [0.5, 0.6) is 0 Å². The standard InChI is InChI=1S/C13H18O2S/c1-4-13(14)9-16(15)8-12-6-10(2)5-11(3)7-12/h5-7H,4,8-9H2,1-3H3. The molecule has 0 amide bonds. The Kier molecular flexibility index (Phi) is 4.87. The van der Waals surface area contributed by atoms with Crippen molar-refractivity contribution in [2.45, 2.75) is 32.9 Å². The first kappa shape index (κ1) is 13.1. The molecular formula is C13H18O2S. The van der Waals surface area contributed by atoms with E-state index >= 15 is 0 Å². The Labute approximate surface area is 99.5 Å². The molecule has 0 aliphatic rings. The summed E-state index contributed by atoms with van der Waals surface area (Å²) in [6.07, 6.45) is 0.471. The SMILES string of the molecule is CCC(=O)CS(=O)Cc1cc(C)cc(C)c1. The molecule has 0 aliphatic heterocycles. The molecule has 1 aromatic rings. The van der Waals surface area contributed by atoms with Gasteiger partial charge < -0.3 is 0 Å². The largest absolute Gasteiger partial charge is 0.299 e. The molecule has 1 rings (SSSR count). The lowest BCUT2D eigenvalue weighted by molar-refractivity contribution is -0.116. The minimum absolute atomic E-state index is 0.0720. The van der Waals surface area contributed by atoms with Gasteiger partial charge in [0.1, 0.15) is 5.78 Å². The van der Waals surface area contributed by atoms with E-state index in [0.717, 1.165) is 5.56 Å². The van der Waals surface area contributed by atoms with Gasteiger partial charge in [0.15, 0.2) is 0 Å². The molecule has 0 radical (unpaired) electrons. The van der Waals surface area contributed by atoms with Crippen LogP contribution in [0.25, 0.3) is 0 Å². The van der Waals surface area contributed by atoms with Crippen LogP contribution in [0.4, 0.5) is 0 Å². The molecule has 0 aromatic heterocycles. The van der Waals surface area contributed by atoms with Crippen LogP contribution in [0.3, 0.4) is 0 Å². The Morgan fingerprint density at radius 3 is 2.25 bits per heavy atom. The number of carbonyl (C=O) groups is 1. The average molecular weight is 238 g/mol. The third kappa shape index (κ3) is 4.27. The van der Waals surface area contributed by atoms with E-state index in [1.807, 2.05) is 26.0 Å². The molecule has 16 heavy (non-hydrogen) atoms. The summed E-state index contributed by atoms with van der Waals surface area (Å²) >= 11 is 0. The van der Waals surface area contributed by atoms with Gasteiger partial charge in [-0.05, 0) is 19.4 Å². The maximum atomic E-state index is 11.7. The molecular weight excluding hydrogens is 220 g/mol. The van der Waals surface area contributed by atoms with Crippen LogP contribution in [0.15, 0.2) is 18.2 Å². The van der Waals surface area contributed by atoms with Gasteiger partial charge in [-0.3, -0.25) is 9.00 Å². The van der Waals surface area contributed by atoms with Gasteiger partial charge >= 0.3 is 0 Å². The molecule has 88 valence electrons. The molecule has 0 fully saturated rings. The smallest absolute Gasteiger partial charge is 0.145 e. The van der Waals surface area contributed by atoms with Crippen LogP contribution in [-0.4, -0.2) is 15.7 Å². The fourth-order valence-corrected chi connectivity index (χ4v) is 2.87. The van der Waals surface area contributed by atoms with E-state index in [2.05, 4.69) is 6.07 Å². The highest BCUT2D eigenvalue weighted by molar-refractivity contribution is 7.84. The summed E-state index contributed by atoms with van der Waals surface area (Å²) in [5.74, 6) is 0.736. The molecule has 3 heteroatoms. The van der Waals surface area contributed by atoms with E-state index in [9.17, 15) is 9.00 Å². The van der Waals surface area contributed by atoms with E-state index in [4.69, 9.17) is 0 Å². The van der Waals surface area contributed by atoms with Crippen molar-refractivity contribution in [2.24, 2.45) is 0 Å². The Hall–Kier alpha value is -0.960. The van der Waals surface area contributed by atoms with Gasteiger partial charge in [-0.15, -0.1) is 0 Å². The second-order valence-corrected chi connectivity index (χ2v) is 5.57. The van der Waals surface area contributed by atoms with Crippen molar-refractivity contribution in [1.29, 1.82) is 0 Å². The molecule has 0 saturated carbocycles. The molecule has 0 heterocycles. The fraction of sp³-hybridized carbons (Fsp3) is 0.462. The molecule has 0 N–H and O–H groups in total. The molecule has 1 atom stereocenters. The quantitative estimate of drug-likeness (QED) is 0.790. The molecule has 0 spiro atoms. The van der Waals surface area contributed by atoms with Crippen molar-refractivity contribution >= 4 is 16.6 Å². The van der Waals surface area contributed by atoms with Crippen molar-refractivity contribution < 1.29 is 9.00 Å². The van der Waals surface area contributed by atoms with Gasteiger partial charge in [-0.2, -0.15) is 0 Å². The van der Waals surface area contributed by atoms with Crippen molar-refractivity contribution in [3.05, 3.63) is 34.9 Å². The Morgan fingerprint density at radius 1 is 1.19 bits per heavy atom. The van der Waals surface area contributed by atoms with Crippen LogP contribution in [-0.2, 0) is 21.3 Å². The normalized spacial score (nSPS) is 12.4. The second-order valence-electron chi connectivity index (χ2n) is 4.12. The number of Topliss-reactive ketones (excluding diaryl/α,β-unsaturated/α-hetero) is 1. The lowest BCUT2D eigenvalue weighted by Gasteiger charge is -2.04. The van der Waals surface area contributed by atoms with E-state index < -0.39 is 10.8 Å². The summed E-state index contributed by atoms with van der Waals surface area (Å²) in [4.78, 5) is 11.2. The van der Waals surface area contributed by atoms with Gasteiger partial charge in [0.25, 0.3) is 0 Å². The highest BCUT2D eigenvalue weighted by Gasteiger charge is 2.07. The zero-order valence-electron chi connectivity index (χ0n) is 10.1. The fourth-order valence-electron chi connectivity index (χ4n) is 1.67. The minimum Gasteiger partial charge on any atom is -0.299 e. The van der Waals surface area contributed by atoms with Crippen molar-refractivity contribution in [1.82, 2.24) is 0 Å². The van der Waals surface area contributed by atoms with Gasteiger partial charge in [0.2, 0.25) is 0 Å².